The Balaban J connectivity index is 1.69. The molecular weight excluding hydrogens is 290 g/mol. The Labute approximate surface area is 126 Å². The van der Waals surface area contributed by atoms with E-state index in [9.17, 15) is 4.79 Å². The van der Waals surface area contributed by atoms with E-state index in [-0.39, 0.29) is 5.78 Å². The molecule has 4 heteroatoms. The molecule has 3 rings (SSSR count). The van der Waals surface area contributed by atoms with Gasteiger partial charge in [0.05, 0.1) is 15.2 Å². The Hall–Kier alpha value is -1.71. The van der Waals surface area contributed by atoms with Crippen LogP contribution in [0.5, 0.6) is 0 Å². The predicted molar refractivity (Wildman–Crippen MR) is 83.7 cm³/mol. The number of para-hydroxylation sites is 1. The molecule has 0 bridgehead atoms. The van der Waals surface area contributed by atoms with Gasteiger partial charge in [0.25, 0.3) is 0 Å². The summed E-state index contributed by atoms with van der Waals surface area (Å²) in [6.07, 6.45) is 1.16. The van der Waals surface area contributed by atoms with Crippen LogP contribution in [0.4, 0.5) is 0 Å². The van der Waals surface area contributed by atoms with Crippen LogP contribution in [0.2, 0.25) is 5.02 Å². The highest BCUT2D eigenvalue weighted by Gasteiger charge is 2.09. The van der Waals surface area contributed by atoms with Crippen molar-refractivity contribution in [3.63, 3.8) is 0 Å². The largest absolute Gasteiger partial charge is 0.294 e. The van der Waals surface area contributed by atoms with Crippen LogP contribution >= 0.6 is 22.9 Å². The van der Waals surface area contributed by atoms with E-state index in [1.54, 1.807) is 35.6 Å². The van der Waals surface area contributed by atoms with E-state index in [2.05, 4.69) is 11.1 Å². The fourth-order valence-electron chi connectivity index (χ4n) is 2.03. The van der Waals surface area contributed by atoms with Crippen molar-refractivity contribution < 1.29 is 4.79 Å². The van der Waals surface area contributed by atoms with E-state index in [0.29, 0.717) is 23.4 Å². The molecule has 0 radical (unpaired) electrons. The van der Waals surface area contributed by atoms with E-state index in [0.717, 1.165) is 10.5 Å². The lowest BCUT2D eigenvalue weighted by Crippen LogP contribution is -2.00. The maximum absolute atomic E-state index is 12.1. The van der Waals surface area contributed by atoms with Crippen LogP contribution in [0.3, 0.4) is 0 Å². The summed E-state index contributed by atoms with van der Waals surface area (Å²) in [4.78, 5) is 16.6. The number of carbonyl (C=O) groups is 1. The number of thiazole rings is 1. The smallest absolute Gasteiger partial charge is 0.163 e. The summed E-state index contributed by atoms with van der Waals surface area (Å²) in [6.45, 7) is 0. The normalized spacial score (nSPS) is 10.8. The number of carbonyl (C=O) groups excluding carboxylic acids is 1. The number of Topliss-reactive ketones (excluding diaryl/α,β-unsaturated/α-hetero) is 1. The molecule has 0 N–H and O–H groups in total. The van der Waals surface area contributed by atoms with E-state index >= 15 is 0 Å². The van der Waals surface area contributed by atoms with Crippen molar-refractivity contribution in [2.45, 2.75) is 12.8 Å². The monoisotopic (exact) mass is 301 g/mol. The van der Waals surface area contributed by atoms with Crippen molar-refractivity contribution in [3.8, 4) is 0 Å². The van der Waals surface area contributed by atoms with Crippen molar-refractivity contribution in [1.82, 2.24) is 4.98 Å². The zero-order valence-electron chi connectivity index (χ0n) is 10.7. The van der Waals surface area contributed by atoms with E-state index < -0.39 is 0 Å². The van der Waals surface area contributed by atoms with Crippen LogP contribution in [-0.2, 0) is 6.42 Å². The minimum absolute atomic E-state index is 0.126. The molecule has 3 aromatic rings. The second-order valence-electron chi connectivity index (χ2n) is 4.51. The average molecular weight is 302 g/mol. The fraction of sp³-hybridized carbons (Fsp3) is 0.125. The van der Waals surface area contributed by atoms with Crippen LogP contribution in [0.25, 0.3) is 10.2 Å². The van der Waals surface area contributed by atoms with Crippen LogP contribution in [0.1, 0.15) is 21.8 Å². The number of hydrogen-bond acceptors (Lipinski definition) is 3. The van der Waals surface area contributed by atoms with Crippen LogP contribution in [0.15, 0.2) is 48.5 Å². The van der Waals surface area contributed by atoms with Gasteiger partial charge in [-0.2, -0.15) is 0 Å². The van der Waals surface area contributed by atoms with Crippen LogP contribution < -0.4 is 0 Å². The van der Waals surface area contributed by atoms with Gasteiger partial charge in [-0.05, 0) is 36.4 Å². The first-order valence-corrected chi connectivity index (χ1v) is 7.55. The molecule has 0 amide bonds. The third kappa shape index (κ3) is 2.89. The molecule has 1 aromatic heterocycles. The van der Waals surface area contributed by atoms with E-state index in [1.807, 2.05) is 18.2 Å². The lowest BCUT2D eigenvalue weighted by molar-refractivity contribution is 0.0983. The minimum atomic E-state index is 0.126. The molecule has 100 valence electrons. The second-order valence-corrected chi connectivity index (χ2v) is 6.06. The van der Waals surface area contributed by atoms with Crippen molar-refractivity contribution >= 4 is 38.9 Å². The number of hydrogen-bond donors (Lipinski definition) is 0. The summed E-state index contributed by atoms with van der Waals surface area (Å²) < 4.78 is 1.17. The molecule has 2 aromatic carbocycles. The standard InChI is InChI=1S/C16H12ClNOS/c17-12-7-5-11(6-8-12)14(19)9-10-16-18-13-3-1-2-4-15(13)20-16/h1-8H,9-10H2. The summed E-state index contributed by atoms with van der Waals surface area (Å²) in [6, 6.07) is 15.0. The van der Waals surface area contributed by atoms with Crippen molar-refractivity contribution in [3.05, 3.63) is 64.1 Å². The van der Waals surface area contributed by atoms with Gasteiger partial charge in [-0.1, -0.05) is 23.7 Å². The lowest BCUT2D eigenvalue weighted by Gasteiger charge is -1.99. The zero-order chi connectivity index (χ0) is 13.9. The van der Waals surface area contributed by atoms with Crippen molar-refractivity contribution in [2.75, 3.05) is 0 Å². The van der Waals surface area contributed by atoms with Gasteiger partial charge in [-0.3, -0.25) is 4.79 Å². The van der Waals surface area contributed by atoms with E-state index in [1.165, 1.54) is 4.70 Å². The zero-order valence-corrected chi connectivity index (χ0v) is 12.2. The Morgan fingerprint density at radius 3 is 2.60 bits per heavy atom. The molecule has 0 saturated heterocycles. The van der Waals surface area contributed by atoms with Gasteiger partial charge in [-0.25, -0.2) is 4.98 Å². The number of fused-ring (bicyclic) bond motifs is 1. The Morgan fingerprint density at radius 2 is 1.85 bits per heavy atom. The van der Waals surface area contributed by atoms with Gasteiger partial charge in [0, 0.05) is 23.4 Å². The van der Waals surface area contributed by atoms with Crippen molar-refractivity contribution in [1.29, 1.82) is 0 Å². The SMILES string of the molecule is O=C(CCc1nc2ccccc2s1)c1ccc(Cl)cc1. The highest BCUT2D eigenvalue weighted by Crippen LogP contribution is 2.23. The summed E-state index contributed by atoms with van der Waals surface area (Å²) in [5, 5.41) is 1.65. The number of rotatable bonds is 4. The Morgan fingerprint density at radius 1 is 1.10 bits per heavy atom. The highest BCUT2D eigenvalue weighted by atomic mass is 35.5. The van der Waals surface area contributed by atoms with Crippen LogP contribution in [0, 0.1) is 0 Å². The third-order valence-electron chi connectivity index (χ3n) is 3.07. The van der Waals surface area contributed by atoms with Crippen LogP contribution in [-0.4, -0.2) is 10.8 Å². The maximum atomic E-state index is 12.1. The molecule has 20 heavy (non-hydrogen) atoms. The molecule has 0 aliphatic heterocycles. The molecule has 0 aliphatic rings. The lowest BCUT2D eigenvalue weighted by atomic mass is 10.1. The summed E-state index contributed by atoms with van der Waals surface area (Å²) in [5.74, 6) is 0.126. The number of ketones is 1. The fourth-order valence-corrected chi connectivity index (χ4v) is 3.12. The third-order valence-corrected chi connectivity index (χ3v) is 4.42. The Bertz CT molecular complexity index is 716. The summed E-state index contributed by atoms with van der Waals surface area (Å²) in [5.41, 5.74) is 1.71. The molecule has 0 spiro atoms. The second kappa shape index (κ2) is 5.73. The highest BCUT2D eigenvalue weighted by molar-refractivity contribution is 7.18. The maximum Gasteiger partial charge on any atom is 0.163 e. The van der Waals surface area contributed by atoms with Gasteiger partial charge in [0.15, 0.2) is 5.78 Å². The minimum Gasteiger partial charge on any atom is -0.294 e. The number of aromatic nitrogens is 1. The summed E-state index contributed by atoms with van der Waals surface area (Å²) in [7, 11) is 0. The number of nitrogens with zero attached hydrogens (tertiary/aromatic N) is 1. The Kier molecular flexibility index (Phi) is 3.81. The topological polar surface area (TPSA) is 30.0 Å². The van der Waals surface area contributed by atoms with Gasteiger partial charge < -0.3 is 0 Å². The van der Waals surface area contributed by atoms with E-state index in [4.69, 9.17) is 11.6 Å². The molecule has 0 saturated carbocycles. The molecule has 0 aliphatic carbocycles. The van der Waals surface area contributed by atoms with Gasteiger partial charge in [0.2, 0.25) is 0 Å². The number of aryl methyl sites for hydroxylation is 1. The quantitative estimate of drug-likeness (QED) is 0.650. The van der Waals surface area contributed by atoms with Crippen molar-refractivity contribution in [2.24, 2.45) is 0 Å². The van der Waals surface area contributed by atoms with Gasteiger partial charge in [0.1, 0.15) is 0 Å². The number of halogens is 1. The molecule has 0 fully saturated rings. The molecule has 0 unspecified atom stereocenters. The first-order valence-electron chi connectivity index (χ1n) is 6.35. The summed E-state index contributed by atoms with van der Waals surface area (Å²) >= 11 is 7.47. The molecule has 2 nitrogen and oxygen atoms in total. The first kappa shape index (κ1) is 13.3. The predicted octanol–water partition coefficient (Wildman–Crippen LogP) is 4.77. The first-order chi connectivity index (χ1) is 9.72. The average Bonchev–Trinajstić information content (AvgIpc) is 2.88. The van der Waals surface area contributed by atoms with Gasteiger partial charge >= 0.3 is 0 Å². The van der Waals surface area contributed by atoms with Gasteiger partial charge in [-0.15, -0.1) is 11.3 Å². The molecule has 1 heterocycles. The molecule has 0 atom stereocenters. The molecular formula is C16H12ClNOS. The number of benzene rings is 2.